The summed E-state index contributed by atoms with van der Waals surface area (Å²) in [7, 11) is 0. The smallest absolute Gasteiger partial charge is 0.416 e. The Morgan fingerprint density at radius 2 is 1.58 bits per heavy atom. The molecule has 2 saturated heterocycles. The fraction of sp³-hybridized carbons (Fsp3) is 0.571. The Hall–Kier alpha value is -1.23. The number of fused-ring (bicyclic) bond motifs is 2. The van der Waals surface area contributed by atoms with Crippen LogP contribution in [0.1, 0.15) is 31.2 Å². The minimum absolute atomic E-state index is 0.121. The molecule has 2 nitrogen and oxygen atoms in total. The van der Waals surface area contributed by atoms with E-state index in [2.05, 4.69) is 5.32 Å². The molecule has 1 unspecified atom stereocenters. The Balaban J connectivity index is 1.64. The predicted molar refractivity (Wildman–Crippen MR) is 65.0 cm³/mol. The van der Waals surface area contributed by atoms with E-state index in [1.807, 2.05) is 0 Å². The highest BCUT2D eigenvalue weighted by Gasteiger charge is 2.34. The number of nitrogens with one attached hydrogen (secondary N) is 1. The van der Waals surface area contributed by atoms with E-state index >= 15 is 0 Å². The van der Waals surface area contributed by atoms with E-state index in [4.69, 9.17) is 4.74 Å². The summed E-state index contributed by atoms with van der Waals surface area (Å²) in [6.45, 7) is 0. The fourth-order valence-electron chi connectivity index (χ4n) is 3.02. The molecule has 1 aromatic rings. The molecule has 2 aliphatic heterocycles. The number of rotatable bonds is 2. The largest absolute Gasteiger partial charge is 0.490 e. The van der Waals surface area contributed by atoms with Crippen LogP contribution in [0.25, 0.3) is 0 Å². The van der Waals surface area contributed by atoms with Gasteiger partial charge in [0.15, 0.2) is 0 Å². The van der Waals surface area contributed by atoms with Gasteiger partial charge in [-0.2, -0.15) is 13.2 Å². The maximum atomic E-state index is 12.4. The van der Waals surface area contributed by atoms with Crippen LogP contribution in [0.4, 0.5) is 13.2 Å². The summed E-state index contributed by atoms with van der Waals surface area (Å²) in [4.78, 5) is 0. The Labute approximate surface area is 109 Å². The van der Waals surface area contributed by atoms with Crippen molar-refractivity contribution < 1.29 is 17.9 Å². The van der Waals surface area contributed by atoms with Crippen molar-refractivity contribution in [2.75, 3.05) is 0 Å². The van der Waals surface area contributed by atoms with Crippen molar-refractivity contribution in [3.8, 4) is 5.75 Å². The third kappa shape index (κ3) is 2.86. The van der Waals surface area contributed by atoms with Crippen LogP contribution >= 0.6 is 0 Å². The maximum absolute atomic E-state index is 12.4. The SMILES string of the molecule is FC(F)(F)c1ccc(OC2C[C@H]3CC[C@@H](C2)N3)cc1. The molecule has 3 rings (SSSR count). The van der Waals surface area contributed by atoms with Gasteiger partial charge in [-0.25, -0.2) is 0 Å². The molecule has 2 aliphatic rings. The molecule has 3 atom stereocenters. The summed E-state index contributed by atoms with van der Waals surface area (Å²) in [5.41, 5.74) is -0.634. The van der Waals surface area contributed by atoms with Crippen molar-refractivity contribution in [1.29, 1.82) is 0 Å². The number of hydrogen-bond donors (Lipinski definition) is 1. The second-order valence-electron chi connectivity index (χ2n) is 5.37. The van der Waals surface area contributed by atoms with Crippen LogP contribution in [-0.2, 0) is 6.18 Å². The minimum Gasteiger partial charge on any atom is -0.490 e. The molecule has 1 N–H and O–H groups in total. The highest BCUT2D eigenvalue weighted by molar-refractivity contribution is 5.29. The number of piperidine rings is 1. The van der Waals surface area contributed by atoms with Crippen LogP contribution in [0.3, 0.4) is 0 Å². The summed E-state index contributed by atoms with van der Waals surface area (Å²) >= 11 is 0. The van der Waals surface area contributed by atoms with Crippen LogP contribution in [0.15, 0.2) is 24.3 Å². The standard InChI is InChI=1S/C14H16F3NO/c15-14(16,17)9-1-5-12(6-2-9)19-13-7-10-3-4-11(8-13)18-10/h1-2,5-6,10-11,13,18H,3-4,7-8H2/t10-,11+,13?. The van der Waals surface area contributed by atoms with Crippen LogP contribution in [0, 0.1) is 0 Å². The number of ether oxygens (including phenoxy) is 1. The molecule has 2 bridgehead atoms. The van der Waals surface area contributed by atoms with Crippen molar-refractivity contribution >= 4 is 0 Å². The lowest BCUT2D eigenvalue weighted by molar-refractivity contribution is -0.137. The second-order valence-corrected chi connectivity index (χ2v) is 5.37. The number of hydrogen-bond acceptors (Lipinski definition) is 2. The molecule has 1 aromatic carbocycles. The molecule has 0 amide bonds. The van der Waals surface area contributed by atoms with Gasteiger partial charge in [-0.1, -0.05) is 0 Å². The molecule has 104 valence electrons. The van der Waals surface area contributed by atoms with Crippen LogP contribution in [0.5, 0.6) is 5.75 Å². The van der Waals surface area contributed by atoms with Gasteiger partial charge in [0.05, 0.1) is 5.56 Å². The molecule has 2 heterocycles. The second kappa shape index (κ2) is 4.71. The first-order valence-corrected chi connectivity index (χ1v) is 6.60. The van der Waals surface area contributed by atoms with E-state index in [-0.39, 0.29) is 6.10 Å². The molecule has 5 heteroatoms. The number of alkyl halides is 3. The molecule has 0 spiro atoms. The highest BCUT2D eigenvalue weighted by Crippen LogP contribution is 2.32. The first-order valence-electron chi connectivity index (χ1n) is 6.60. The summed E-state index contributed by atoms with van der Waals surface area (Å²) in [6.07, 6.45) is 0.0757. The van der Waals surface area contributed by atoms with E-state index in [1.54, 1.807) is 0 Å². The highest BCUT2D eigenvalue weighted by atomic mass is 19.4. The molecule has 0 aromatic heterocycles. The maximum Gasteiger partial charge on any atom is 0.416 e. The lowest BCUT2D eigenvalue weighted by Crippen LogP contribution is -2.42. The third-order valence-electron chi connectivity index (χ3n) is 3.91. The van der Waals surface area contributed by atoms with E-state index in [0.29, 0.717) is 17.8 Å². The van der Waals surface area contributed by atoms with Gasteiger partial charge in [-0.3, -0.25) is 0 Å². The van der Waals surface area contributed by atoms with Crippen molar-refractivity contribution in [2.24, 2.45) is 0 Å². The molecule has 0 saturated carbocycles. The number of halogens is 3. The molecular formula is C14H16F3NO. The molecule has 0 aliphatic carbocycles. The quantitative estimate of drug-likeness (QED) is 0.890. The Morgan fingerprint density at radius 3 is 2.11 bits per heavy atom. The van der Waals surface area contributed by atoms with Gasteiger partial charge < -0.3 is 10.1 Å². The van der Waals surface area contributed by atoms with Gasteiger partial charge in [0, 0.05) is 12.1 Å². The van der Waals surface area contributed by atoms with E-state index in [0.717, 1.165) is 25.0 Å². The Morgan fingerprint density at radius 1 is 1.00 bits per heavy atom. The topological polar surface area (TPSA) is 21.3 Å². The summed E-state index contributed by atoms with van der Waals surface area (Å²) in [5, 5.41) is 3.51. The minimum atomic E-state index is -4.29. The fourth-order valence-corrected chi connectivity index (χ4v) is 3.02. The van der Waals surface area contributed by atoms with Crippen LogP contribution in [0.2, 0.25) is 0 Å². The molecular weight excluding hydrogens is 255 g/mol. The lowest BCUT2D eigenvalue weighted by atomic mass is 10.0. The zero-order valence-corrected chi connectivity index (χ0v) is 10.4. The lowest BCUT2D eigenvalue weighted by Gasteiger charge is -2.29. The first kappa shape index (κ1) is 12.8. The van der Waals surface area contributed by atoms with E-state index < -0.39 is 11.7 Å². The van der Waals surface area contributed by atoms with Gasteiger partial charge in [0.1, 0.15) is 11.9 Å². The predicted octanol–water partition coefficient (Wildman–Crippen LogP) is 3.37. The molecule has 19 heavy (non-hydrogen) atoms. The van der Waals surface area contributed by atoms with Gasteiger partial charge in [-0.05, 0) is 49.9 Å². The van der Waals surface area contributed by atoms with E-state index in [1.165, 1.54) is 25.0 Å². The molecule has 2 fully saturated rings. The summed E-state index contributed by atoms with van der Waals surface area (Å²) in [5.74, 6) is 0.527. The van der Waals surface area contributed by atoms with Crippen molar-refractivity contribution in [1.82, 2.24) is 5.32 Å². The Bertz CT molecular complexity index is 431. The zero-order valence-electron chi connectivity index (χ0n) is 10.4. The average Bonchev–Trinajstić information content (AvgIpc) is 2.68. The van der Waals surface area contributed by atoms with Gasteiger partial charge in [-0.15, -0.1) is 0 Å². The normalized spacial score (nSPS) is 30.4. The van der Waals surface area contributed by atoms with Crippen LogP contribution in [-0.4, -0.2) is 18.2 Å². The molecule has 0 radical (unpaired) electrons. The Kier molecular flexibility index (Phi) is 3.17. The summed E-state index contributed by atoms with van der Waals surface area (Å²) < 4.78 is 43.1. The first-order chi connectivity index (χ1) is 9.00. The zero-order chi connectivity index (χ0) is 13.5. The van der Waals surface area contributed by atoms with Crippen molar-refractivity contribution in [3.05, 3.63) is 29.8 Å². The van der Waals surface area contributed by atoms with E-state index in [9.17, 15) is 13.2 Å². The monoisotopic (exact) mass is 271 g/mol. The average molecular weight is 271 g/mol. The third-order valence-corrected chi connectivity index (χ3v) is 3.91. The van der Waals surface area contributed by atoms with Crippen molar-refractivity contribution in [3.63, 3.8) is 0 Å². The van der Waals surface area contributed by atoms with Crippen LogP contribution < -0.4 is 10.1 Å². The van der Waals surface area contributed by atoms with Crippen molar-refractivity contribution in [2.45, 2.75) is 50.0 Å². The van der Waals surface area contributed by atoms with Gasteiger partial charge in [0.25, 0.3) is 0 Å². The summed E-state index contributed by atoms with van der Waals surface area (Å²) in [6, 6.07) is 5.99. The van der Waals surface area contributed by atoms with Gasteiger partial charge in [0.2, 0.25) is 0 Å². The van der Waals surface area contributed by atoms with Gasteiger partial charge >= 0.3 is 6.18 Å². The number of benzene rings is 1.